The Morgan fingerprint density at radius 3 is 2.65 bits per heavy atom. The van der Waals surface area contributed by atoms with Crippen molar-refractivity contribution in [1.29, 1.82) is 0 Å². The molecule has 0 unspecified atom stereocenters. The summed E-state index contributed by atoms with van der Waals surface area (Å²) in [5.41, 5.74) is 1.23. The minimum atomic E-state index is -0.0282. The first-order valence-corrected chi connectivity index (χ1v) is 7.07. The Bertz CT molecular complexity index is 438. The van der Waals surface area contributed by atoms with Crippen molar-refractivity contribution in [2.45, 2.75) is 19.8 Å². The summed E-state index contributed by atoms with van der Waals surface area (Å²) in [7, 11) is 2.09. The molecule has 0 fully saturated rings. The topological polar surface area (TPSA) is 32.3 Å². The Kier molecular flexibility index (Phi) is 7.89. The van der Waals surface area contributed by atoms with Gasteiger partial charge in [-0.25, -0.2) is 0 Å². The largest absolute Gasteiger partial charge is 0.375 e. The van der Waals surface area contributed by atoms with Crippen LogP contribution in [-0.2, 0) is 4.79 Å². The molecule has 108 valence electrons. The van der Waals surface area contributed by atoms with Crippen molar-refractivity contribution in [3.05, 3.63) is 54.6 Å². The lowest BCUT2D eigenvalue weighted by Gasteiger charge is -2.18. The summed E-state index contributed by atoms with van der Waals surface area (Å²) in [5.74, 6) is -0.0282. The summed E-state index contributed by atoms with van der Waals surface area (Å²) < 4.78 is 0. The number of allylic oxidation sites excluding steroid dienone is 3. The number of hydrogen-bond donors (Lipinski definition) is 1. The first kappa shape index (κ1) is 16.0. The van der Waals surface area contributed by atoms with Crippen molar-refractivity contribution in [2.75, 3.05) is 25.0 Å². The third kappa shape index (κ3) is 6.78. The van der Waals surface area contributed by atoms with Crippen LogP contribution in [0.25, 0.3) is 0 Å². The quantitative estimate of drug-likeness (QED) is 0.448. The molecule has 1 amide bonds. The van der Waals surface area contributed by atoms with E-state index in [2.05, 4.69) is 29.4 Å². The van der Waals surface area contributed by atoms with E-state index in [0.29, 0.717) is 0 Å². The van der Waals surface area contributed by atoms with E-state index in [1.54, 1.807) is 12.2 Å². The van der Waals surface area contributed by atoms with Gasteiger partial charge in [-0.15, -0.1) is 0 Å². The summed E-state index contributed by atoms with van der Waals surface area (Å²) in [6.07, 6.45) is 9.08. The highest BCUT2D eigenvalue weighted by Crippen LogP contribution is 2.11. The number of anilines is 1. The molecular weight excluding hydrogens is 248 g/mol. The SMILES string of the molecule is CC=CC=CC(=O)NCCCCN(C)c1ccccc1. The van der Waals surface area contributed by atoms with E-state index < -0.39 is 0 Å². The van der Waals surface area contributed by atoms with Gasteiger partial charge in [0.1, 0.15) is 0 Å². The molecule has 20 heavy (non-hydrogen) atoms. The molecule has 0 aliphatic rings. The van der Waals surface area contributed by atoms with E-state index in [-0.39, 0.29) is 5.91 Å². The van der Waals surface area contributed by atoms with E-state index in [0.717, 1.165) is 25.9 Å². The van der Waals surface area contributed by atoms with Crippen LogP contribution in [0, 0.1) is 0 Å². The highest BCUT2D eigenvalue weighted by atomic mass is 16.1. The highest BCUT2D eigenvalue weighted by Gasteiger charge is 1.99. The molecule has 1 aromatic carbocycles. The van der Waals surface area contributed by atoms with Crippen LogP contribution in [0.5, 0.6) is 0 Å². The summed E-state index contributed by atoms with van der Waals surface area (Å²) in [6, 6.07) is 10.3. The number of benzene rings is 1. The van der Waals surface area contributed by atoms with Crippen LogP contribution in [0.3, 0.4) is 0 Å². The molecule has 0 bridgehead atoms. The van der Waals surface area contributed by atoms with Gasteiger partial charge < -0.3 is 10.2 Å². The maximum Gasteiger partial charge on any atom is 0.243 e. The third-order valence-corrected chi connectivity index (χ3v) is 2.97. The minimum absolute atomic E-state index is 0.0282. The van der Waals surface area contributed by atoms with Crippen molar-refractivity contribution in [3.63, 3.8) is 0 Å². The second kappa shape index (κ2) is 9.84. The molecule has 3 heteroatoms. The number of para-hydroxylation sites is 1. The van der Waals surface area contributed by atoms with Gasteiger partial charge in [0.25, 0.3) is 0 Å². The Hall–Kier alpha value is -2.03. The van der Waals surface area contributed by atoms with Crippen molar-refractivity contribution in [3.8, 4) is 0 Å². The molecule has 0 radical (unpaired) electrons. The van der Waals surface area contributed by atoms with Crippen molar-refractivity contribution < 1.29 is 4.79 Å². The van der Waals surface area contributed by atoms with Crippen molar-refractivity contribution in [2.24, 2.45) is 0 Å². The van der Waals surface area contributed by atoms with Gasteiger partial charge in [-0.05, 0) is 31.9 Å². The number of carbonyl (C=O) groups is 1. The second-order valence-electron chi connectivity index (χ2n) is 4.64. The highest BCUT2D eigenvalue weighted by molar-refractivity contribution is 5.87. The lowest BCUT2D eigenvalue weighted by molar-refractivity contribution is -0.116. The molecule has 1 rings (SSSR count). The zero-order chi connectivity index (χ0) is 14.6. The fourth-order valence-corrected chi connectivity index (χ4v) is 1.81. The molecule has 0 aliphatic carbocycles. The van der Waals surface area contributed by atoms with Crippen molar-refractivity contribution >= 4 is 11.6 Å². The number of unbranched alkanes of at least 4 members (excludes halogenated alkanes) is 1. The summed E-state index contributed by atoms with van der Waals surface area (Å²) in [5, 5.41) is 2.88. The van der Waals surface area contributed by atoms with E-state index in [1.807, 2.05) is 37.3 Å². The molecule has 1 N–H and O–H groups in total. The summed E-state index contributed by atoms with van der Waals surface area (Å²) in [4.78, 5) is 13.6. The van der Waals surface area contributed by atoms with Crippen LogP contribution in [0.4, 0.5) is 5.69 Å². The Labute approximate surface area is 122 Å². The van der Waals surface area contributed by atoms with E-state index >= 15 is 0 Å². The molecule has 0 atom stereocenters. The van der Waals surface area contributed by atoms with E-state index in [4.69, 9.17) is 0 Å². The molecule has 0 aliphatic heterocycles. The van der Waals surface area contributed by atoms with Crippen LogP contribution in [-0.4, -0.2) is 26.0 Å². The molecule has 3 nitrogen and oxygen atoms in total. The van der Waals surface area contributed by atoms with E-state index in [1.165, 1.54) is 5.69 Å². The molecular formula is C17H24N2O. The average Bonchev–Trinajstić information content (AvgIpc) is 2.48. The first-order chi connectivity index (χ1) is 9.74. The predicted molar refractivity (Wildman–Crippen MR) is 85.9 cm³/mol. The van der Waals surface area contributed by atoms with Crippen LogP contribution in [0.2, 0.25) is 0 Å². The van der Waals surface area contributed by atoms with Gasteiger partial charge in [-0.3, -0.25) is 4.79 Å². The second-order valence-corrected chi connectivity index (χ2v) is 4.64. The third-order valence-electron chi connectivity index (χ3n) is 2.97. The van der Waals surface area contributed by atoms with Gasteiger partial charge in [0.15, 0.2) is 0 Å². The van der Waals surface area contributed by atoms with Gasteiger partial charge in [0, 0.05) is 31.9 Å². The van der Waals surface area contributed by atoms with E-state index in [9.17, 15) is 4.79 Å². The monoisotopic (exact) mass is 272 g/mol. The molecule has 0 spiro atoms. The lowest BCUT2D eigenvalue weighted by Crippen LogP contribution is -2.24. The maximum absolute atomic E-state index is 11.4. The van der Waals surface area contributed by atoms with Gasteiger partial charge in [0.05, 0.1) is 0 Å². The molecule has 0 heterocycles. The number of amides is 1. The zero-order valence-electron chi connectivity index (χ0n) is 12.4. The van der Waals surface area contributed by atoms with Gasteiger partial charge in [0.2, 0.25) is 5.91 Å². The fourth-order valence-electron chi connectivity index (χ4n) is 1.81. The van der Waals surface area contributed by atoms with Crippen molar-refractivity contribution in [1.82, 2.24) is 5.32 Å². The number of hydrogen-bond acceptors (Lipinski definition) is 2. The number of nitrogens with zero attached hydrogens (tertiary/aromatic N) is 1. The van der Waals surface area contributed by atoms with Gasteiger partial charge in [-0.1, -0.05) is 36.4 Å². The minimum Gasteiger partial charge on any atom is -0.375 e. The Morgan fingerprint density at radius 2 is 1.95 bits per heavy atom. The summed E-state index contributed by atoms with van der Waals surface area (Å²) >= 11 is 0. The smallest absolute Gasteiger partial charge is 0.243 e. The van der Waals surface area contributed by atoms with Gasteiger partial charge >= 0.3 is 0 Å². The standard InChI is InChI=1S/C17H24N2O/c1-3-4-6-13-17(20)18-14-9-10-15-19(2)16-11-7-5-8-12-16/h3-8,11-13H,9-10,14-15H2,1-2H3,(H,18,20). The zero-order valence-corrected chi connectivity index (χ0v) is 12.4. The number of nitrogens with one attached hydrogen (secondary N) is 1. The Balaban J connectivity index is 2.12. The summed E-state index contributed by atoms with van der Waals surface area (Å²) in [6.45, 7) is 3.64. The van der Waals surface area contributed by atoms with Gasteiger partial charge in [-0.2, -0.15) is 0 Å². The van der Waals surface area contributed by atoms with Crippen LogP contribution >= 0.6 is 0 Å². The van der Waals surface area contributed by atoms with Crippen LogP contribution in [0.15, 0.2) is 54.6 Å². The maximum atomic E-state index is 11.4. The predicted octanol–water partition coefficient (Wildman–Crippen LogP) is 3.15. The van der Waals surface area contributed by atoms with Crippen LogP contribution in [0.1, 0.15) is 19.8 Å². The molecule has 1 aromatic rings. The lowest BCUT2D eigenvalue weighted by atomic mass is 10.2. The molecule has 0 aromatic heterocycles. The Morgan fingerprint density at radius 1 is 1.20 bits per heavy atom. The molecule has 0 saturated carbocycles. The fraction of sp³-hybridized carbons (Fsp3) is 0.353. The first-order valence-electron chi connectivity index (χ1n) is 7.07. The normalized spacial score (nSPS) is 11.1. The average molecular weight is 272 g/mol. The van der Waals surface area contributed by atoms with Crippen LogP contribution < -0.4 is 10.2 Å². The number of carbonyl (C=O) groups excluding carboxylic acids is 1. The molecule has 0 saturated heterocycles. The number of rotatable bonds is 8.